The van der Waals surface area contributed by atoms with Crippen molar-refractivity contribution in [1.82, 2.24) is 4.90 Å². The number of hydrogen-bond donors (Lipinski definition) is 1. The molecule has 1 unspecified atom stereocenters. The van der Waals surface area contributed by atoms with E-state index in [1.165, 1.54) is 7.05 Å². The van der Waals surface area contributed by atoms with Crippen LogP contribution in [0.5, 0.6) is 0 Å². The zero-order chi connectivity index (χ0) is 15.1. The van der Waals surface area contributed by atoms with Crippen LogP contribution in [0.25, 0.3) is 10.4 Å². The molecule has 1 amide bonds. The third kappa shape index (κ3) is 7.15. The fourth-order valence-corrected chi connectivity index (χ4v) is 1.34. The fourth-order valence-electron chi connectivity index (χ4n) is 1.34. The third-order valence-corrected chi connectivity index (χ3v) is 2.23. The first-order valence-corrected chi connectivity index (χ1v) is 5.88. The summed E-state index contributed by atoms with van der Waals surface area (Å²) in [6.07, 6.45) is -0.109. The van der Waals surface area contributed by atoms with Crippen molar-refractivity contribution in [2.75, 3.05) is 13.6 Å². The van der Waals surface area contributed by atoms with Gasteiger partial charge in [0, 0.05) is 18.5 Å². The molecule has 1 atom stereocenters. The summed E-state index contributed by atoms with van der Waals surface area (Å²) in [5.74, 6) is -1.12. The summed E-state index contributed by atoms with van der Waals surface area (Å²) in [5.41, 5.74) is 7.44. The van der Waals surface area contributed by atoms with Crippen molar-refractivity contribution in [3.8, 4) is 0 Å². The Morgan fingerprint density at radius 2 is 2.05 bits per heavy atom. The van der Waals surface area contributed by atoms with Crippen LogP contribution in [0, 0.1) is 0 Å². The predicted octanol–water partition coefficient (Wildman–Crippen LogP) is 2.40. The van der Waals surface area contributed by atoms with E-state index in [-0.39, 0.29) is 13.0 Å². The molecule has 0 aliphatic carbocycles. The number of amides is 1. The molecule has 0 aromatic rings. The van der Waals surface area contributed by atoms with Gasteiger partial charge in [0.05, 0.1) is 0 Å². The fraction of sp³-hybridized carbons (Fsp3) is 0.818. The molecule has 0 aliphatic heterocycles. The van der Waals surface area contributed by atoms with Gasteiger partial charge in [-0.2, -0.15) is 0 Å². The minimum Gasteiger partial charge on any atom is -0.480 e. The number of likely N-dealkylation sites (N-methyl/N-ethyl adjacent to an activating group) is 1. The summed E-state index contributed by atoms with van der Waals surface area (Å²) in [7, 11) is 1.38. The lowest BCUT2D eigenvalue weighted by molar-refractivity contribution is -0.142. The van der Waals surface area contributed by atoms with Crippen LogP contribution in [0.3, 0.4) is 0 Å². The van der Waals surface area contributed by atoms with Gasteiger partial charge < -0.3 is 9.84 Å². The molecule has 108 valence electrons. The summed E-state index contributed by atoms with van der Waals surface area (Å²) in [5, 5.41) is 12.4. The predicted molar refractivity (Wildman–Crippen MR) is 68.7 cm³/mol. The van der Waals surface area contributed by atoms with Crippen LogP contribution in [-0.4, -0.2) is 47.3 Å². The van der Waals surface area contributed by atoms with Crippen LogP contribution in [0.2, 0.25) is 0 Å². The molecular weight excluding hydrogens is 252 g/mol. The second-order valence-electron chi connectivity index (χ2n) is 5.04. The molecule has 0 aromatic carbocycles. The Balaban J connectivity index is 4.56. The van der Waals surface area contributed by atoms with Crippen LogP contribution in [0.15, 0.2) is 5.11 Å². The molecule has 0 fully saturated rings. The molecule has 0 aromatic heterocycles. The number of rotatable bonds is 6. The largest absolute Gasteiger partial charge is 0.480 e. The minimum absolute atomic E-state index is 0.197. The van der Waals surface area contributed by atoms with Crippen molar-refractivity contribution < 1.29 is 19.4 Å². The van der Waals surface area contributed by atoms with Crippen molar-refractivity contribution in [1.29, 1.82) is 0 Å². The molecule has 0 bridgehead atoms. The van der Waals surface area contributed by atoms with Crippen molar-refractivity contribution in [3.05, 3.63) is 10.4 Å². The topological polar surface area (TPSA) is 116 Å². The summed E-state index contributed by atoms with van der Waals surface area (Å²) in [6.45, 7) is 5.31. The Morgan fingerprint density at radius 3 is 2.47 bits per heavy atom. The van der Waals surface area contributed by atoms with Crippen LogP contribution in [0.1, 0.15) is 33.6 Å². The summed E-state index contributed by atoms with van der Waals surface area (Å²) >= 11 is 0. The maximum atomic E-state index is 11.8. The quantitative estimate of drug-likeness (QED) is 0.346. The number of carboxylic acid groups (broad SMARTS) is 1. The highest BCUT2D eigenvalue weighted by Gasteiger charge is 2.29. The number of ether oxygens (including phenoxy) is 1. The molecule has 0 saturated heterocycles. The lowest BCUT2D eigenvalue weighted by Gasteiger charge is -2.28. The molecule has 19 heavy (non-hydrogen) atoms. The third-order valence-electron chi connectivity index (χ3n) is 2.23. The van der Waals surface area contributed by atoms with Crippen LogP contribution in [-0.2, 0) is 9.53 Å². The Kier molecular flexibility index (Phi) is 6.71. The first-order chi connectivity index (χ1) is 8.69. The van der Waals surface area contributed by atoms with E-state index in [9.17, 15) is 9.59 Å². The Bertz CT molecular complexity index is 371. The molecule has 8 nitrogen and oxygen atoms in total. The average Bonchev–Trinajstić information content (AvgIpc) is 2.25. The molecule has 0 spiro atoms. The van der Waals surface area contributed by atoms with Gasteiger partial charge in [-0.05, 0) is 39.1 Å². The number of carbonyl (C=O) groups excluding carboxylic acids is 1. The summed E-state index contributed by atoms with van der Waals surface area (Å²) in [6, 6.07) is -0.997. The van der Waals surface area contributed by atoms with Gasteiger partial charge >= 0.3 is 12.1 Å². The van der Waals surface area contributed by atoms with Crippen molar-refractivity contribution in [2.45, 2.75) is 45.3 Å². The van der Waals surface area contributed by atoms with Gasteiger partial charge in [-0.1, -0.05) is 5.11 Å². The Labute approximate surface area is 112 Å². The SMILES string of the molecule is CN(C(=O)OC(C)(C)C)C(CCCN=[N+]=[N-])C(=O)O. The average molecular weight is 272 g/mol. The molecule has 0 aliphatic rings. The normalized spacial score (nSPS) is 12.2. The molecule has 8 heteroatoms. The Hall–Kier alpha value is -1.95. The van der Waals surface area contributed by atoms with Crippen molar-refractivity contribution >= 4 is 12.1 Å². The molecule has 0 radical (unpaired) electrons. The maximum Gasteiger partial charge on any atom is 0.410 e. The molecule has 0 rings (SSSR count). The van der Waals surface area contributed by atoms with Gasteiger partial charge in [0.15, 0.2) is 0 Å². The van der Waals surface area contributed by atoms with Gasteiger partial charge in [-0.15, -0.1) is 0 Å². The van der Waals surface area contributed by atoms with E-state index in [1.54, 1.807) is 20.8 Å². The summed E-state index contributed by atoms with van der Waals surface area (Å²) in [4.78, 5) is 26.5. The zero-order valence-corrected chi connectivity index (χ0v) is 11.7. The van der Waals surface area contributed by atoms with E-state index >= 15 is 0 Å². The number of aliphatic carboxylic acids is 1. The smallest absolute Gasteiger partial charge is 0.410 e. The van der Waals surface area contributed by atoms with Gasteiger partial charge in [0.2, 0.25) is 0 Å². The van der Waals surface area contributed by atoms with E-state index in [0.717, 1.165) is 4.90 Å². The number of hydrogen-bond acceptors (Lipinski definition) is 4. The number of carbonyl (C=O) groups is 2. The van der Waals surface area contributed by atoms with E-state index in [2.05, 4.69) is 10.0 Å². The first kappa shape index (κ1) is 17.1. The highest BCUT2D eigenvalue weighted by molar-refractivity contribution is 5.79. The van der Waals surface area contributed by atoms with Crippen molar-refractivity contribution in [3.63, 3.8) is 0 Å². The van der Waals surface area contributed by atoms with Crippen LogP contribution < -0.4 is 0 Å². The van der Waals surface area contributed by atoms with Gasteiger partial charge in [0.25, 0.3) is 0 Å². The number of carboxylic acids is 1. The molecule has 0 saturated carbocycles. The summed E-state index contributed by atoms with van der Waals surface area (Å²) < 4.78 is 5.10. The highest BCUT2D eigenvalue weighted by Crippen LogP contribution is 2.13. The van der Waals surface area contributed by atoms with E-state index in [4.69, 9.17) is 15.4 Å². The van der Waals surface area contributed by atoms with Crippen LogP contribution >= 0.6 is 0 Å². The number of nitrogens with zero attached hydrogens (tertiary/aromatic N) is 4. The highest BCUT2D eigenvalue weighted by atomic mass is 16.6. The van der Waals surface area contributed by atoms with Gasteiger partial charge in [-0.25, -0.2) is 9.59 Å². The second kappa shape index (κ2) is 7.48. The van der Waals surface area contributed by atoms with E-state index in [0.29, 0.717) is 6.42 Å². The van der Waals surface area contributed by atoms with E-state index < -0.39 is 23.7 Å². The van der Waals surface area contributed by atoms with Gasteiger partial charge in [0.1, 0.15) is 11.6 Å². The standard InChI is InChI=1S/C11H20N4O4/c1-11(2,3)19-10(18)15(4)8(9(16)17)6-5-7-13-14-12/h8H,5-7H2,1-4H3,(H,16,17). The van der Waals surface area contributed by atoms with Crippen molar-refractivity contribution in [2.24, 2.45) is 5.11 Å². The molecule has 0 heterocycles. The molecule has 1 N–H and O–H groups in total. The first-order valence-electron chi connectivity index (χ1n) is 5.88. The van der Waals surface area contributed by atoms with Gasteiger partial charge in [-0.3, -0.25) is 4.90 Å². The zero-order valence-electron chi connectivity index (χ0n) is 11.7. The second-order valence-corrected chi connectivity index (χ2v) is 5.04. The van der Waals surface area contributed by atoms with E-state index in [1.807, 2.05) is 0 Å². The lowest BCUT2D eigenvalue weighted by atomic mass is 10.1. The Morgan fingerprint density at radius 1 is 1.47 bits per heavy atom. The lowest BCUT2D eigenvalue weighted by Crippen LogP contribution is -2.44. The molecular formula is C11H20N4O4. The minimum atomic E-state index is -1.12. The number of azide groups is 1. The van der Waals surface area contributed by atoms with Crippen LogP contribution in [0.4, 0.5) is 4.79 Å². The maximum absolute atomic E-state index is 11.8. The monoisotopic (exact) mass is 272 g/mol.